The number of hydrogen-bond donors (Lipinski definition) is 4. The van der Waals surface area contributed by atoms with Gasteiger partial charge < -0.3 is 25.4 Å². The zero-order valence-electron chi connectivity index (χ0n) is 26.8. The maximum Gasteiger partial charge on any atom is 0.405 e. The van der Waals surface area contributed by atoms with Gasteiger partial charge in [-0.15, -0.1) is 0 Å². The molecule has 7 rings (SSSR count). The summed E-state index contributed by atoms with van der Waals surface area (Å²) in [7, 11) is -3.88. The highest BCUT2D eigenvalue weighted by molar-refractivity contribution is 7.91. The molecule has 49 heavy (non-hydrogen) atoms. The van der Waals surface area contributed by atoms with Crippen molar-refractivity contribution in [3.63, 3.8) is 0 Å². The average Bonchev–Trinajstić information content (AvgIpc) is 4.00. The van der Waals surface area contributed by atoms with Gasteiger partial charge in [0.05, 0.1) is 17.3 Å². The van der Waals surface area contributed by atoms with Crippen molar-refractivity contribution in [2.75, 3.05) is 6.54 Å². The molecule has 0 radical (unpaired) electrons. The van der Waals surface area contributed by atoms with Crippen LogP contribution in [0.2, 0.25) is 0 Å². The number of hydrogen-bond acceptors (Lipinski definition) is 8. The molecule has 0 bridgehead atoms. The molecular formula is C35H39N5O8S. The van der Waals surface area contributed by atoms with E-state index in [4.69, 9.17) is 9.72 Å². The lowest BCUT2D eigenvalue weighted by Crippen LogP contribution is -2.58. The second-order valence-corrected chi connectivity index (χ2v) is 15.4. The van der Waals surface area contributed by atoms with Crippen molar-refractivity contribution < 1.29 is 37.4 Å². The van der Waals surface area contributed by atoms with E-state index >= 15 is 0 Å². The Kier molecular flexibility index (Phi) is 8.67. The number of pyridine rings is 1. The van der Waals surface area contributed by atoms with Crippen LogP contribution < -0.4 is 20.1 Å². The molecule has 14 heteroatoms. The van der Waals surface area contributed by atoms with Crippen LogP contribution >= 0.6 is 0 Å². The molecule has 0 spiro atoms. The third-order valence-corrected chi connectivity index (χ3v) is 11.8. The molecule has 3 aromatic rings. The van der Waals surface area contributed by atoms with Crippen molar-refractivity contribution >= 4 is 55.5 Å². The number of allylic oxidation sites excluding steroid dienone is 1. The predicted octanol–water partition coefficient (Wildman–Crippen LogP) is 3.38. The average molecular weight is 690 g/mol. The van der Waals surface area contributed by atoms with Gasteiger partial charge in [-0.05, 0) is 56.0 Å². The Hall–Kier alpha value is -4.72. The number of benzene rings is 2. The summed E-state index contributed by atoms with van der Waals surface area (Å²) in [6.45, 7) is -0.0316. The molecule has 3 heterocycles. The fraction of sp³-hybridized carbons (Fsp3) is 0.457. The van der Waals surface area contributed by atoms with E-state index in [0.29, 0.717) is 37.1 Å². The summed E-state index contributed by atoms with van der Waals surface area (Å²) in [5.74, 6) is -2.10. The molecule has 4 aliphatic rings. The number of carbonyl (C=O) groups excluding carboxylic acids is 3. The summed E-state index contributed by atoms with van der Waals surface area (Å²) in [6.07, 6.45) is 5.92. The van der Waals surface area contributed by atoms with E-state index in [1.54, 1.807) is 0 Å². The van der Waals surface area contributed by atoms with Crippen LogP contribution in [0.25, 0.3) is 21.7 Å². The third-order valence-electron chi connectivity index (χ3n) is 9.99. The first-order valence-corrected chi connectivity index (χ1v) is 18.4. The number of amides is 4. The van der Waals surface area contributed by atoms with Crippen molar-refractivity contribution in [3.8, 4) is 5.88 Å². The third kappa shape index (κ3) is 6.65. The highest BCUT2D eigenvalue weighted by Gasteiger charge is 2.62. The molecular weight excluding hydrogens is 650 g/mol. The number of aromatic nitrogens is 1. The van der Waals surface area contributed by atoms with Gasteiger partial charge in [0.2, 0.25) is 27.7 Å². The van der Waals surface area contributed by atoms with Crippen LogP contribution in [0.4, 0.5) is 4.79 Å². The van der Waals surface area contributed by atoms with E-state index in [-0.39, 0.29) is 25.8 Å². The van der Waals surface area contributed by atoms with Crippen molar-refractivity contribution in [3.05, 3.63) is 60.7 Å². The minimum Gasteiger partial charge on any atom is -0.472 e. The van der Waals surface area contributed by atoms with E-state index in [9.17, 15) is 32.7 Å². The van der Waals surface area contributed by atoms with Gasteiger partial charge in [0, 0.05) is 23.1 Å². The molecule has 4 N–H and O–H groups in total. The molecule has 2 aliphatic heterocycles. The van der Waals surface area contributed by atoms with Crippen LogP contribution in [0.3, 0.4) is 0 Å². The van der Waals surface area contributed by atoms with Crippen LogP contribution in [0, 0.1) is 5.92 Å². The normalized spacial score (nSPS) is 28.4. The van der Waals surface area contributed by atoms with E-state index in [1.807, 2.05) is 60.7 Å². The van der Waals surface area contributed by atoms with E-state index in [0.717, 1.165) is 29.0 Å². The fourth-order valence-corrected chi connectivity index (χ4v) is 8.48. The molecule has 1 saturated heterocycles. The maximum absolute atomic E-state index is 14.2. The van der Waals surface area contributed by atoms with Crippen LogP contribution in [-0.2, 0) is 24.4 Å². The largest absolute Gasteiger partial charge is 0.472 e. The zero-order chi connectivity index (χ0) is 34.3. The number of nitrogens with one attached hydrogen (secondary N) is 3. The van der Waals surface area contributed by atoms with Gasteiger partial charge in [-0.1, -0.05) is 61.4 Å². The molecule has 3 fully saturated rings. The Balaban J connectivity index is 1.21. The van der Waals surface area contributed by atoms with Crippen molar-refractivity contribution in [1.29, 1.82) is 0 Å². The number of nitrogens with zero attached hydrogens (tertiary/aromatic N) is 2. The smallest absolute Gasteiger partial charge is 0.405 e. The van der Waals surface area contributed by atoms with Crippen molar-refractivity contribution in [1.82, 2.24) is 25.2 Å². The van der Waals surface area contributed by atoms with Gasteiger partial charge >= 0.3 is 6.09 Å². The number of ether oxygens (including phenoxy) is 1. The standard InChI is InChI=1S/C35H39N5O8S/c41-30-29-18-22(48-31-26-13-7-6-11-24(26)25-12-8-9-14-27(25)36-31)20-40(29)32(42)28(37-34(44)45)15-5-3-1-2-4-10-21-19-35(21,38-30)33(43)39-49(46,47)23-16-17-23/h4,6-14,21-23,28-29,37H,1-3,5,15-20H2,(H,38,41)(H,39,43)(H,44,45)/b10-4-/t21-,22-,28+,29+,35-/m1/s1. The zero-order valence-corrected chi connectivity index (χ0v) is 27.7. The summed E-state index contributed by atoms with van der Waals surface area (Å²) >= 11 is 0. The summed E-state index contributed by atoms with van der Waals surface area (Å²) in [4.78, 5) is 59.7. The summed E-state index contributed by atoms with van der Waals surface area (Å²) in [5, 5.41) is 16.8. The highest BCUT2D eigenvalue weighted by atomic mass is 32.2. The first-order chi connectivity index (χ1) is 23.6. The fourth-order valence-electron chi connectivity index (χ4n) is 7.12. The number of carbonyl (C=O) groups is 4. The molecule has 0 unspecified atom stereocenters. The number of rotatable bonds is 6. The first kappa shape index (κ1) is 32.8. The van der Waals surface area contributed by atoms with Gasteiger partial charge in [-0.2, -0.15) is 0 Å². The second kappa shape index (κ2) is 13.0. The number of sulfonamides is 1. The lowest BCUT2D eigenvalue weighted by molar-refractivity contribution is -0.141. The molecule has 258 valence electrons. The molecule has 5 atom stereocenters. The molecule has 2 aliphatic carbocycles. The van der Waals surface area contributed by atoms with E-state index < -0.39 is 68.7 Å². The van der Waals surface area contributed by atoms with Crippen molar-refractivity contribution in [2.24, 2.45) is 5.92 Å². The topological polar surface area (TPSA) is 184 Å². The molecule has 4 amide bonds. The SMILES string of the molecule is O=C(O)N[C@H]1CCCCC/C=C\[C@@H]2C[C@@]2(C(=O)NS(=O)(=O)C2CC2)NC(=O)[C@@H]2C[C@@H](Oc3nc4ccccc4c4ccccc34)CN2C1=O. The number of fused-ring (bicyclic) bond motifs is 5. The molecule has 2 aromatic carbocycles. The Labute approximate surface area is 283 Å². The Morgan fingerprint density at radius 1 is 0.980 bits per heavy atom. The second-order valence-electron chi connectivity index (χ2n) is 13.5. The number of carboxylic acid groups (broad SMARTS) is 1. The van der Waals surface area contributed by atoms with Gasteiger partial charge in [-0.25, -0.2) is 18.2 Å². The lowest BCUT2D eigenvalue weighted by Gasteiger charge is -2.29. The molecule has 1 aromatic heterocycles. The lowest BCUT2D eigenvalue weighted by atomic mass is 10.1. The quantitative estimate of drug-likeness (QED) is 0.223. The molecule has 2 saturated carbocycles. The Morgan fingerprint density at radius 3 is 2.47 bits per heavy atom. The highest BCUT2D eigenvalue weighted by Crippen LogP contribution is 2.46. The number of para-hydroxylation sites is 1. The summed E-state index contributed by atoms with van der Waals surface area (Å²) in [6, 6.07) is 13.1. The molecule has 13 nitrogen and oxygen atoms in total. The van der Waals surface area contributed by atoms with Gasteiger partial charge in [0.15, 0.2) is 0 Å². The maximum atomic E-state index is 14.2. The van der Waals surface area contributed by atoms with Crippen LogP contribution in [0.5, 0.6) is 5.88 Å². The summed E-state index contributed by atoms with van der Waals surface area (Å²) < 4.78 is 34.1. The van der Waals surface area contributed by atoms with E-state index in [2.05, 4.69) is 15.4 Å². The minimum atomic E-state index is -3.88. The first-order valence-electron chi connectivity index (χ1n) is 16.8. The van der Waals surface area contributed by atoms with Gasteiger partial charge in [-0.3, -0.25) is 19.1 Å². The van der Waals surface area contributed by atoms with Gasteiger partial charge in [0.1, 0.15) is 23.7 Å². The monoisotopic (exact) mass is 689 g/mol. The summed E-state index contributed by atoms with van der Waals surface area (Å²) in [5.41, 5.74) is -0.788. The van der Waals surface area contributed by atoms with Crippen LogP contribution in [-0.4, -0.2) is 82.7 Å². The Morgan fingerprint density at radius 2 is 1.71 bits per heavy atom. The van der Waals surface area contributed by atoms with Gasteiger partial charge in [0.25, 0.3) is 5.91 Å². The Bertz CT molecular complexity index is 1960. The van der Waals surface area contributed by atoms with Crippen LogP contribution in [0.15, 0.2) is 60.7 Å². The predicted molar refractivity (Wildman–Crippen MR) is 180 cm³/mol. The van der Waals surface area contributed by atoms with E-state index in [1.165, 1.54) is 4.90 Å². The van der Waals surface area contributed by atoms with Crippen LogP contribution in [0.1, 0.15) is 57.8 Å². The minimum absolute atomic E-state index is 0.0316. The van der Waals surface area contributed by atoms with Crippen molar-refractivity contribution in [2.45, 2.75) is 86.8 Å².